The second-order valence-electron chi connectivity index (χ2n) is 7.17. The van der Waals surface area contributed by atoms with Crippen LogP contribution in [0.1, 0.15) is 35.2 Å². The van der Waals surface area contributed by atoms with Crippen molar-refractivity contribution in [2.45, 2.75) is 38.8 Å². The Bertz CT molecular complexity index is 819. The molecule has 0 unspecified atom stereocenters. The first-order valence-electron chi connectivity index (χ1n) is 9.25. The van der Waals surface area contributed by atoms with Crippen molar-refractivity contribution in [1.29, 1.82) is 0 Å². The average molecular weight is 349 g/mol. The van der Waals surface area contributed by atoms with Crippen LogP contribution < -0.4 is 5.32 Å². The summed E-state index contributed by atoms with van der Waals surface area (Å²) in [5.74, 6) is -0.295. The maximum Gasteiger partial charge on any atom is 0.225 e. The molecule has 1 N–H and O–H groups in total. The van der Waals surface area contributed by atoms with E-state index in [4.69, 9.17) is 0 Å². The van der Waals surface area contributed by atoms with E-state index in [9.17, 15) is 9.59 Å². The molecule has 4 rings (SSSR count). The van der Waals surface area contributed by atoms with E-state index in [-0.39, 0.29) is 24.2 Å². The molecule has 2 aliphatic rings. The summed E-state index contributed by atoms with van der Waals surface area (Å²) >= 11 is 0. The maximum absolute atomic E-state index is 12.5. The van der Waals surface area contributed by atoms with E-state index in [1.807, 2.05) is 18.2 Å². The van der Waals surface area contributed by atoms with Crippen LogP contribution in [-0.2, 0) is 35.5 Å². The van der Waals surface area contributed by atoms with Crippen molar-refractivity contribution in [2.75, 3.05) is 6.54 Å². The van der Waals surface area contributed by atoms with Crippen LogP contribution in [0.3, 0.4) is 0 Å². The van der Waals surface area contributed by atoms with Crippen molar-refractivity contribution in [3.63, 3.8) is 0 Å². The summed E-state index contributed by atoms with van der Waals surface area (Å²) in [6, 6.07) is 12.1. The zero-order chi connectivity index (χ0) is 17.9. The molecule has 2 heterocycles. The molecule has 5 nitrogen and oxygen atoms in total. The molecule has 0 radical (unpaired) electrons. The summed E-state index contributed by atoms with van der Waals surface area (Å²) in [6.45, 7) is 1.46. The lowest BCUT2D eigenvalue weighted by atomic mass is 10.1. The van der Waals surface area contributed by atoms with Crippen LogP contribution in [0.25, 0.3) is 0 Å². The first kappa shape index (κ1) is 16.8. The Balaban J connectivity index is 1.32. The maximum atomic E-state index is 12.5. The van der Waals surface area contributed by atoms with Gasteiger partial charge < -0.3 is 10.2 Å². The summed E-state index contributed by atoms with van der Waals surface area (Å²) in [4.78, 5) is 30.7. The second kappa shape index (κ2) is 7.28. The first-order valence-corrected chi connectivity index (χ1v) is 9.25. The average Bonchev–Trinajstić information content (AvgIpc) is 3.27. The van der Waals surface area contributed by atoms with E-state index < -0.39 is 0 Å². The van der Waals surface area contributed by atoms with Crippen LogP contribution in [0.5, 0.6) is 0 Å². The highest BCUT2D eigenvalue weighted by Gasteiger charge is 2.34. The summed E-state index contributed by atoms with van der Waals surface area (Å²) < 4.78 is 0. The highest BCUT2D eigenvalue weighted by molar-refractivity contribution is 5.89. The van der Waals surface area contributed by atoms with Gasteiger partial charge in [-0.15, -0.1) is 0 Å². The molecule has 5 heteroatoms. The molecule has 26 heavy (non-hydrogen) atoms. The minimum atomic E-state index is -0.277. The summed E-state index contributed by atoms with van der Waals surface area (Å²) in [5, 5.41) is 3.00. The first-order chi connectivity index (χ1) is 12.7. The minimum Gasteiger partial charge on any atom is -0.352 e. The highest BCUT2D eigenvalue weighted by atomic mass is 16.2. The topological polar surface area (TPSA) is 62.3 Å². The molecule has 1 atom stereocenters. The van der Waals surface area contributed by atoms with Gasteiger partial charge in [-0.2, -0.15) is 0 Å². The van der Waals surface area contributed by atoms with Crippen LogP contribution in [-0.4, -0.2) is 28.2 Å². The van der Waals surface area contributed by atoms with E-state index in [1.54, 1.807) is 11.1 Å². The monoisotopic (exact) mass is 349 g/mol. The standard InChI is InChI=1S/C21H23N3O2/c25-20-11-18(13-24(20)14-19-6-1-2-9-22-19)21(26)23-12-15-7-8-16-4-3-5-17(16)10-15/h1-2,6-10,18H,3-5,11-14H2,(H,23,26)/t18-/m1/s1. The molecule has 2 aromatic rings. The third-order valence-corrected chi connectivity index (χ3v) is 5.29. The van der Waals surface area contributed by atoms with Crippen molar-refractivity contribution in [3.8, 4) is 0 Å². The molecule has 1 aromatic carbocycles. The molecule has 1 fully saturated rings. The molecule has 134 valence electrons. The number of aryl methyl sites for hydroxylation is 2. The predicted octanol–water partition coefficient (Wildman–Crippen LogP) is 2.24. The number of nitrogens with one attached hydrogen (secondary N) is 1. The normalized spacial score (nSPS) is 18.8. The van der Waals surface area contributed by atoms with Crippen LogP contribution in [0.4, 0.5) is 0 Å². The number of aromatic nitrogens is 1. The second-order valence-corrected chi connectivity index (χ2v) is 7.17. The number of pyridine rings is 1. The fourth-order valence-corrected chi connectivity index (χ4v) is 3.86. The van der Waals surface area contributed by atoms with Gasteiger partial charge in [-0.3, -0.25) is 14.6 Å². The zero-order valence-corrected chi connectivity index (χ0v) is 14.8. The number of fused-ring (bicyclic) bond motifs is 1. The van der Waals surface area contributed by atoms with Gasteiger partial charge in [-0.25, -0.2) is 0 Å². The lowest BCUT2D eigenvalue weighted by Gasteiger charge is -2.16. The van der Waals surface area contributed by atoms with Crippen LogP contribution in [0.15, 0.2) is 42.6 Å². The van der Waals surface area contributed by atoms with Crippen molar-refractivity contribution < 1.29 is 9.59 Å². The van der Waals surface area contributed by atoms with Gasteiger partial charge in [0, 0.05) is 25.7 Å². The van der Waals surface area contributed by atoms with Gasteiger partial charge in [-0.1, -0.05) is 24.3 Å². The van der Waals surface area contributed by atoms with Crippen LogP contribution in [0.2, 0.25) is 0 Å². The molecule has 1 aromatic heterocycles. The van der Waals surface area contributed by atoms with E-state index in [0.29, 0.717) is 19.6 Å². The summed E-state index contributed by atoms with van der Waals surface area (Å²) in [7, 11) is 0. The quantitative estimate of drug-likeness (QED) is 0.900. The molecule has 0 spiro atoms. The Kier molecular flexibility index (Phi) is 4.69. The molecular weight excluding hydrogens is 326 g/mol. The highest BCUT2D eigenvalue weighted by Crippen LogP contribution is 2.23. The number of rotatable bonds is 5. The lowest BCUT2D eigenvalue weighted by molar-refractivity contribution is -0.129. The number of benzene rings is 1. The minimum absolute atomic E-state index is 0.0216. The fourth-order valence-electron chi connectivity index (χ4n) is 3.86. The van der Waals surface area contributed by atoms with Crippen LogP contribution in [0, 0.1) is 5.92 Å². The third-order valence-electron chi connectivity index (χ3n) is 5.29. The van der Waals surface area contributed by atoms with Gasteiger partial charge in [-0.05, 0) is 48.1 Å². The molecule has 0 bridgehead atoms. The number of amides is 2. The molecule has 2 amide bonds. The Morgan fingerprint density at radius 2 is 2.08 bits per heavy atom. The number of hydrogen-bond acceptors (Lipinski definition) is 3. The fraction of sp³-hybridized carbons (Fsp3) is 0.381. The molecule has 1 saturated heterocycles. The number of carbonyl (C=O) groups is 2. The van der Waals surface area contributed by atoms with Crippen LogP contribution >= 0.6 is 0 Å². The van der Waals surface area contributed by atoms with Crippen molar-refractivity contribution in [1.82, 2.24) is 15.2 Å². The Hall–Kier alpha value is -2.69. The Morgan fingerprint density at radius 3 is 2.92 bits per heavy atom. The summed E-state index contributed by atoms with van der Waals surface area (Å²) in [5.41, 5.74) is 4.83. The molecule has 0 saturated carbocycles. The van der Waals surface area contributed by atoms with Crippen molar-refractivity contribution in [2.24, 2.45) is 5.92 Å². The SMILES string of the molecule is O=C(NCc1ccc2c(c1)CCC2)[C@@H]1CC(=O)N(Cc2ccccn2)C1. The summed E-state index contributed by atoms with van der Waals surface area (Å²) in [6.07, 6.45) is 5.52. The smallest absolute Gasteiger partial charge is 0.225 e. The third kappa shape index (κ3) is 3.62. The molecule has 1 aliphatic carbocycles. The number of carbonyl (C=O) groups excluding carboxylic acids is 2. The van der Waals surface area contributed by atoms with E-state index in [1.165, 1.54) is 17.5 Å². The van der Waals surface area contributed by atoms with E-state index in [2.05, 4.69) is 28.5 Å². The molecular formula is C21H23N3O2. The van der Waals surface area contributed by atoms with Crippen molar-refractivity contribution in [3.05, 3.63) is 65.0 Å². The Morgan fingerprint density at radius 1 is 1.19 bits per heavy atom. The van der Waals surface area contributed by atoms with Gasteiger partial charge in [0.2, 0.25) is 11.8 Å². The Labute approximate surface area is 153 Å². The van der Waals surface area contributed by atoms with Gasteiger partial charge in [0.25, 0.3) is 0 Å². The number of likely N-dealkylation sites (tertiary alicyclic amines) is 1. The van der Waals surface area contributed by atoms with Gasteiger partial charge >= 0.3 is 0 Å². The zero-order valence-electron chi connectivity index (χ0n) is 14.8. The lowest BCUT2D eigenvalue weighted by Crippen LogP contribution is -2.32. The predicted molar refractivity (Wildman–Crippen MR) is 98.1 cm³/mol. The number of hydrogen-bond donors (Lipinski definition) is 1. The van der Waals surface area contributed by atoms with Gasteiger partial charge in [0.1, 0.15) is 0 Å². The molecule has 1 aliphatic heterocycles. The largest absolute Gasteiger partial charge is 0.352 e. The van der Waals surface area contributed by atoms with Crippen molar-refractivity contribution >= 4 is 11.8 Å². The number of nitrogens with zero attached hydrogens (tertiary/aromatic N) is 2. The van der Waals surface area contributed by atoms with E-state index >= 15 is 0 Å². The van der Waals surface area contributed by atoms with E-state index in [0.717, 1.165) is 24.1 Å². The van der Waals surface area contributed by atoms with Gasteiger partial charge in [0.15, 0.2) is 0 Å². The van der Waals surface area contributed by atoms with Gasteiger partial charge in [0.05, 0.1) is 18.2 Å².